The molecule has 1 amide bonds. The SMILES string of the molecule is O=C1C(=Nc2ccccc2)c2ccccc2N1CN1CCCC1. The van der Waals surface area contributed by atoms with Gasteiger partial charge in [0.2, 0.25) is 0 Å². The molecule has 2 aliphatic heterocycles. The maximum Gasteiger partial charge on any atom is 0.278 e. The minimum atomic E-state index is 0.00181. The molecule has 0 spiro atoms. The van der Waals surface area contributed by atoms with Gasteiger partial charge in [0.15, 0.2) is 0 Å². The van der Waals surface area contributed by atoms with Crippen LogP contribution in [0.1, 0.15) is 18.4 Å². The van der Waals surface area contributed by atoms with Crippen LogP contribution in [0.3, 0.4) is 0 Å². The number of para-hydroxylation sites is 2. The van der Waals surface area contributed by atoms with Gasteiger partial charge in [0.1, 0.15) is 5.71 Å². The number of benzene rings is 2. The van der Waals surface area contributed by atoms with Crippen LogP contribution in [-0.2, 0) is 4.79 Å². The highest BCUT2D eigenvalue weighted by molar-refractivity contribution is 6.54. The largest absolute Gasteiger partial charge is 0.293 e. The van der Waals surface area contributed by atoms with Gasteiger partial charge in [0, 0.05) is 5.56 Å². The van der Waals surface area contributed by atoms with Gasteiger partial charge in [-0.15, -0.1) is 0 Å². The smallest absolute Gasteiger partial charge is 0.278 e. The van der Waals surface area contributed by atoms with Gasteiger partial charge in [0.05, 0.1) is 18.0 Å². The molecule has 2 aromatic carbocycles. The Morgan fingerprint density at radius 3 is 2.39 bits per heavy atom. The van der Waals surface area contributed by atoms with Gasteiger partial charge in [-0.2, -0.15) is 0 Å². The van der Waals surface area contributed by atoms with Gasteiger partial charge in [0.25, 0.3) is 5.91 Å². The lowest BCUT2D eigenvalue weighted by molar-refractivity contribution is -0.112. The molecule has 1 fully saturated rings. The number of likely N-dealkylation sites (tertiary alicyclic amines) is 1. The third-order valence-corrected chi connectivity index (χ3v) is 4.43. The lowest BCUT2D eigenvalue weighted by atomic mass is 10.1. The molecule has 0 unspecified atom stereocenters. The van der Waals surface area contributed by atoms with Crippen LogP contribution in [-0.4, -0.2) is 36.3 Å². The molecule has 2 heterocycles. The van der Waals surface area contributed by atoms with Crippen molar-refractivity contribution in [3.63, 3.8) is 0 Å². The molecular formula is C19H19N3O. The molecule has 0 N–H and O–H groups in total. The van der Waals surface area contributed by atoms with E-state index in [1.807, 2.05) is 59.5 Å². The number of fused-ring (bicyclic) bond motifs is 1. The minimum Gasteiger partial charge on any atom is -0.293 e. The topological polar surface area (TPSA) is 35.9 Å². The molecule has 0 atom stereocenters. The van der Waals surface area contributed by atoms with E-state index in [0.717, 1.165) is 30.0 Å². The molecule has 0 bridgehead atoms. The molecule has 1 saturated heterocycles. The molecule has 116 valence electrons. The van der Waals surface area contributed by atoms with Crippen molar-refractivity contribution in [3.8, 4) is 0 Å². The normalized spacial score (nSPS) is 19.6. The summed E-state index contributed by atoms with van der Waals surface area (Å²) in [5.74, 6) is 0.00181. The average Bonchev–Trinajstić information content (AvgIpc) is 3.19. The zero-order chi connectivity index (χ0) is 15.6. The van der Waals surface area contributed by atoms with Gasteiger partial charge in [-0.3, -0.25) is 14.6 Å². The zero-order valence-electron chi connectivity index (χ0n) is 13.0. The summed E-state index contributed by atoms with van der Waals surface area (Å²) in [4.78, 5) is 21.7. The van der Waals surface area contributed by atoms with Crippen molar-refractivity contribution in [1.82, 2.24) is 4.90 Å². The molecule has 2 aromatic rings. The number of amides is 1. The van der Waals surface area contributed by atoms with E-state index in [0.29, 0.717) is 12.4 Å². The number of hydrogen-bond donors (Lipinski definition) is 0. The van der Waals surface area contributed by atoms with Crippen LogP contribution in [0.2, 0.25) is 0 Å². The standard InChI is InChI=1S/C19H19N3O/c23-19-18(20-15-8-2-1-3-9-15)16-10-4-5-11-17(16)22(19)14-21-12-6-7-13-21/h1-5,8-11H,6-7,12-14H2. The number of carbonyl (C=O) groups is 1. The van der Waals surface area contributed by atoms with E-state index < -0.39 is 0 Å². The van der Waals surface area contributed by atoms with E-state index in [-0.39, 0.29) is 5.91 Å². The molecule has 0 aromatic heterocycles. The Balaban J connectivity index is 1.71. The summed E-state index contributed by atoms with van der Waals surface area (Å²) >= 11 is 0. The van der Waals surface area contributed by atoms with Crippen molar-refractivity contribution in [2.45, 2.75) is 12.8 Å². The van der Waals surface area contributed by atoms with Crippen LogP contribution in [0.4, 0.5) is 11.4 Å². The highest BCUT2D eigenvalue weighted by atomic mass is 16.2. The van der Waals surface area contributed by atoms with Crippen molar-refractivity contribution in [1.29, 1.82) is 0 Å². The monoisotopic (exact) mass is 305 g/mol. The number of aliphatic imine (C=N–C) groups is 1. The van der Waals surface area contributed by atoms with Crippen LogP contribution in [0, 0.1) is 0 Å². The third-order valence-electron chi connectivity index (χ3n) is 4.43. The fourth-order valence-corrected chi connectivity index (χ4v) is 3.27. The van der Waals surface area contributed by atoms with Crippen LogP contribution < -0.4 is 4.90 Å². The summed E-state index contributed by atoms with van der Waals surface area (Å²) < 4.78 is 0. The Morgan fingerprint density at radius 2 is 1.61 bits per heavy atom. The highest BCUT2D eigenvalue weighted by Crippen LogP contribution is 2.31. The van der Waals surface area contributed by atoms with E-state index in [1.165, 1.54) is 12.8 Å². The Labute approximate surface area is 136 Å². The molecule has 2 aliphatic rings. The van der Waals surface area contributed by atoms with E-state index in [9.17, 15) is 4.79 Å². The van der Waals surface area contributed by atoms with Crippen LogP contribution in [0.15, 0.2) is 59.6 Å². The number of carbonyl (C=O) groups excluding carboxylic acids is 1. The molecule has 4 nitrogen and oxygen atoms in total. The van der Waals surface area contributed by atoms with Gasteiger partial charge in [-0.05, 0) is 44.1 Å². The fourth-order valence-electron chi connectivity index (χ4n) is 3.27. The quantitative estimate of drug-likeness (QED) is 0.873. The predicted octanol–water partition coefficient (Wildman–Crippen LogP) is 3.21. The first kappa shape index (κ1) is 14.2. The van der Waals surface area contributed by atoms with Crippen LogP contribution in [0.25, 0.3) is 0 Å². The third kappa shape index (κ3) is 2.66. The van der Waals surface area contributed by atoms with Gasteiger partial charge < -0.3 is 0 Å². The number of rotatable bonds is 3. The zero-order valence-corrected chi connectivity index (χ0v) is 13.0. The molecule has 0 saturated carbocycles. The van der Waals surface area contributed by atoms with Crippen LogP contribution in [0.5, 0.6) is 0 Å². The second-order valence-corrected chi connectivity index (χ2v) is 6.01. The first-order valence-corrected chi connectivity index (χ1v) is 8.10. The average molecular weight is 305 g/mol. The Bertz CT molecular complexity index is 748. The van der Waals surface area contributed by atoms with E-state index in [4.69, 9.17) is 0 Å². The Hall–Kier alpha value is -2.46. The minimum absolute atomic E-state index is 0.00181. The van der Waals surface area contributed by atoms with Gasteiger partial charge >= 0.3 is 0 Å². The molecule has 0 aliphatic carbocycles. The Morgan fingerprint density at radius 1 is 0.913 bits per heavy atom. The molecule has 4 rings (SSSR count). The fraction of sp³-hybridized carbons (Fsp3) is 0.263. The molecule has 0 radical (unpaired) electrons. The summed E-state index contributed by atoms with van der Waals surface area (Å²) in [6.45, 7) is 2.79. The lowest BCUT2D eigenvalue weighted by Gasteiger charge is -2.23. The van der Waals surface area contributed by atoms with E-state index >= 15 is 0 Å². The maximum absolute atomic E-state index is 12.9. The van der Waals surface area contributed by atoms with E-state index in [1.54, 1.807) is 0 Å². The van der Waals surface area contributed by atoms with Crippen LogP contribution >= 0.6 is 0 Å². The summed E-state index contributed by atoms with van der Waals surface area (Å²) in [5.41, 5.74) is 3.26. The van der Waals surface area contributed by atoms with Gasteiger partial charge in [-0.1, -0.05) is 36.4 Å². The summed E-state index contributed by atoms with van der Waals surface area (Å²) in [6, 6.07) is 17.6. The first-order valence-electron chi connectivity index (χ1n) is 8.10. The summed E-state index contributed by atoms with van der Waals surface area (Å²) in [7, 11) is 0. The second-order valence-electron chi connectivity index (χ2n) is 6.01. The highest BCUT2D eigenvalue weighted by Gasteiger charge is 2.34. The molecule has 23 heavy (non-hydrogen) atoms. The van der Waals surface area contributed by atoms with Crippen molar-refractivity contribution in [2.24, 2.45) is 4.99 Å². The molecular weight excluding hydrogens is 286 g/mol. The number of nitrogens with zero attached hydrogens (tertiary/aromatic N) is 3. The van der Waals surface area contributed by atoms with E-state index in [2.05, 4.69) is 9.89 Å². The maximum atomic E-state index is 12.9. The second kappa shape index (κ2) is 5.97. The first-order chi connectivity index (χ1) is 11.3. The number of hydrogen-bond acceptors (Lipinski definition) is 3. The van der Waals surface area contributed by atoms with Crippen molar-refractivity contribution < 1.29 is 4.79 Å². The lowest BCUT2D eigenvalue weighted by Crippen LogP contribution is -2.39. The molecule has 4 heteroatoms. The van der Waals surface area contributed by atoms with Crippen molar-refractivity contribution in [3.05, 3.63) is 60.2 Å². The van der Waals surface area contributed by atoms with Gasteiger partial charge in [-0.25, -0.2) is 4.99 Å². The Kier molecular flexibility index (Phi) is 3.67. The predicted molar refractivity (Wildman–Crippen MR) is 92.2 cm³/mol. The van der Waals surface area contributed by atoms with Crippen molar-refractivity contribution in [2.75, 3.05) is 24.7 Å². The summed E-state index contributed by atoms with van der Waals surface area (Å²) in [6.07, 6.45) is 2.43. The summed E-state index contributed by atoms with van der Waals surface area (Å²) in [5, 5.41) is 0. The van der Waals surface area contributed by atoms with Crippen molar-refractivity contribution >= 4 is 23.0 Å². The number of anilines is 1.